The molecule has 8 nitrogen and oxygen atoms in total. The Balaban J connectivity index is 0.00000392. The third kappa shape index (κ3) is 7.67. The second-order valence-corrected chi connectivity index (χ2v) is 5.47. The number of benzene rings is 1. The fourth-order valence-corrected chi connectivity index (χ4v) is 2.27. The molecule has 0 spiro atoms. The van der Waals surface area contributed by atoms with E-state index in [1.165, 1.54) is 0 Å². The first-order chi connectivity index (χ1) is 13.2. The van der Waals surface area contributed by atoms with Gasteiger partial charge in [-0.1, -0.05) is 0 Å². The molecule has 0 saturated carbocycles. The van der Waals surface area contributed by atoms with Gasteiger partial charge in [0.2, 0.25) is 5.91 Å². The topological polar surface area (TPSA) is 97.1 Å². The average molecular weight is 502 g/mol. The van der Waals surface area contributed by atoms with Gasteiger partial charge < -0.3 is 29.8 Å². The van der Waals surface area contributed by atoms with Crippen LogP contribution in [0.5, 0.6) is 11.5 Å². The summed E-state index contributed by atoms with van der Waals surface area (Å²) < 4.78 is 16.0. The Kier molecular flexibility index (Phi) is 10.8. The molecule has 3 N–H and O–H groups in total. The Morgan fingerprint density at radius 1 is 1.18 bits per heavy atom. The van der Waals surface area contributed by atoms with Crippen molar-refractivity contribution in [2.45, 2.75) is 20.4 Å². The molecule has 1 aromatic carbocycles. The third-order valence-electron chi connectivity index (χ3n) is 3.49. The summed E-state index contributed by atoms with van der Waals surface area (Å²) in [6.45, 7) is 5.38. The highest BCUT2D eigenvalue weighted by Crippen LogP contribution is 2.30. The third-order valence-corrected chi connectivity index (χ3v) is 3.49. The molecular formula is C19H27IN4O4. The summed E-state index contributed by atoms with van der Waals surface area (Å²) in [5, 5.41) is 9.02. The zero-order valence-electron chi connectivity index (χ0n) is 16.3. The normalized spacial score (nSPS) is 10.6. The van der Waals surface area contributed by atoms with Crippen LogP contribution in [0.15, 0.2) is 46.0 Å². The van der Waals surface area contributed by atoms with Crippen LogP contribution in [-0.2, 0) is 11.3 Å². The van der Waals surface area contributed by atoms with Crippen LogP contribution in [0.25, 0.3) is 0 Å². The van der Waals surface area contributed by atoms with E-state index in [-0.39, 0.29) is 36.4 Å². The lowest BCUT2D eigenvalue weighted by atomic mass is 10.2. The van der Waals surface area contributed by atoms with Crippen LogP contribution in [0.1, 0.15) is 19.6 Å². The van der Waals surface area contributed by atoms with Crippen LogP contribution in [0.4, 0.5) is 5.69 Å². The average Bonchev–Trinajstić information content (AvgIpc) is 3.19. The number of nitrogens with one attached hydrogen (secondary N) is 3. The summed E-state index contributed by atoms with van der Waals surface area (Å²) in [7, 11) is 1.60. The molecule has 0 fully saturated rings. The second-order valence-electron chi connectivity index (χ2n) is 5.47. The molecular weight excluding hydrogens is 475 g/mol. The van der Waals surface area contributed by atoms with Crippen LogP contribution in [0.3, 0.4) is 0 Å². The van der Waals surface area contributed by atoms with Crippen LogP contribution < -0.4 is 25.4 Å². The highest BCUT2D eigenvalue weighted by molar-refractivity contribution is 14.0. The minimum atomic E-state index is -0.201. The van der Waals surface area contributed by atoms with Gasteiger partial charge in [0.1, 0.15) is 12.3 Å². The Morgan fingerprint density at radius 2 is 2.00 bits per heavy atom. The Bertz CT molecular complexity index is 750. The maximum Gasteiger partial charge on any atom is 0.242 e. The minimum Gasteiger partial charge on any atom is -0.493 e. The standard InChI is InChI=1S/C19H26N4O4.HI/c1-4-20-19(22-13-18(24)21-12-15-7-6-10-27-15)23-14-8-9-16(25-3)17(11-14)26-5-2;/h6-11H,4-5,12-13H2,1-3H3,(H,21,24)(H2,20,22,23);1H. The van der Waals surface area contributed by atoms with Gasteiger partial charge in [0, 0.05) is 18.3 Å². The van der Waals surface area contributed by atoms with E-state index in [0.717, 1.165) is 5.69 Å². The van der Waals surface area contributed by atoms with Crippen molar-refractivity contribution in [1.82, 2.24) is 10.6 Å². The number of nitrogens with zero attached hydrogens (tertiary/aromatic N) is 1. The quantitative estimate of drug-likeness (QED) is 0.277. The van der Waals surface area contributed by atoms with Gasteiger partial charge in [-0.3, -0.25) is 4.79 Å². The van der Waals surface area contributed by atoms with E-state index in [2.05, 4.69) is 20.9 Å². The van der Waals surface area contributed by atoms with Crippen molar-refractivity contribution in [3.63, 3.8) is 0 Å². The van der Waals surface area contributed by atoms with E-state index in [0.29, 0.717) is 42.9 Å². The van der Waals surface area contributed by atoms with E-state index in [9.17, 15) is 4.79 Å². The van der Waals surface area contributed by atoms with Crippen LogP contribution in [-0.4, -0.2) is 38.7 Å². The first-order valence-electron chi connectivity index (χ1n) is 8.81. The SMILES string of the molecule is CCNC(=NCC(=O)NCc1ccco1)Nc1ccc(OC)c(OCC)c1.I. The van der Waals surface area contributed by atoms with Crippen molar-refractivity contribution in [1.29, 1.82) is 0 Å². The smallest absolute Gasteiger partial charge is 0.242 e. The maximum atomic E-state index is 12.0. The molecule has 0 aliphatic carbocycles. The number of aliphatic imine (C=N–C) groups is 1. The van der Waals surface area contributed by atoms with Crippen molar-refractivity contribution in [3.05, 3.63) is 42.4 Å². The number of amides is 1. The van der Waals surface area contributed by atoms with Crippen molar-refractivity contribution in [2.75, 3.05) is 32.1 Å². The molecule has 0 aliphatic rings. The van der Waals surface area contributed by atoms with Crippen LogP contribution >= 0.6 is 24.0 Å². The molecule has 0 aliphatic heterocycles. The second kappa shape index (κ2) is 12.9. The number of methoxy groups -OCH3 is 1. The van der Waals surface area contributed by atoms with Gasteiger partial charge in [0.05, 0.1) is 26.5 Å². The molecule has 1 heterocycles. The summed E-state index contributed by atoms with van der Waals surface area (Å²) in [5.41, 5.74) is 0.773. The van der Waals surface area contributed by atoms with Gasteiger partial charge in [0.15, 0.2) is 17.5 Å². The number of carbonyl (C=O) groups is 1. The minimum absolute atomic E-state index is 0. The molecule has 0 unspecified atom stereocenters. The molecule has 28 heavy (non-hydrogen) atoms. The summed E-state index contributed by atoms with van der Waals surface area (Å²) in [6.07, 6.45) is 1.57. The molecule has 2 aromatic rings. The molecule has 154 valence electrons. The Labute approximate surface area is 182 Å². The fraction of sp³-hybridized carbons (Fsp3) is 0.368. The molecule has 0 saturated heterocycles. The van der Waals surface area contributed by atoms with Gasteiger partial charge in [0.25, 0.3) is 0 Å². The maximum absolute atomic E-state index is 12.0. The zero-order chi connectivity index (χ0) is 19.5. The van der Waals surface area contributed by atoms with Crippen molar-refractivity contribution in [2.24, 2.45) is 4.99 Å². The van der Waals surface area contributed by atoms with E-state index in [1.54, 1.807) is 25.5 Å². The van der Waals surface area contributed by atoms with Crippen molar-refractivity contribution in [3.8, 4) is 11.5 Å². The van der Waals surface area contributed by atoms with Crippen molar-refractivity contribution >= 4 is 41.5 Å². The van der Waals surface area contributed by atoms with Crippen LogP contribution in [0, 0.1) is 0 Å². The Morgan fingerprint density at radius 3 is 2.64 bits per heavy atom. The number of guanidine groups is 1. The number of carbonyl (C=O) groups excluding carboxylic acids is 1. The zero-order valence-corrected chi connectivity index (χ0v) is 18.6. The van der Waals surface area contributed by atoms with Gasteiger partial charge >= 0.3 is 0 Å². The highest BCUT2D eigenvalue weighted by atomic mass is 127. The number of rotatable bonds is 9. The molecule has 1 aromatic heterocycles. The number of halogens is 1. The summed E-state index contributed by atoms with van der Waals surface area (Å²) >= 11 is 0. The van der Waals surface area contributed by atoms with Gasteiger partial charge in [-0.15, -0.1) is 24.0 Å². The first-order valence-corrected chi connectivity index (χ1v) is 8.81. The molecule has 0 radical (unpaired) electrons. The van der Waals surface area contributed by atoms with Crippen LogP contribution in [0.2, 0.25) is 0 Å². The first kappa shape index (κ1) is 23.6. The summed E-state index contributed by atoms with van der Waals surface area (Å²) in [4.78, 5) is 16.3. The molecule has 0 bridgehead atoms. The van der Waals surface area contributed by atoms with Gasteiger partial charge in [-0.25, -0.2) is 4.99 Å². The number of anilines is 1. The van der Waals surface area contributed by atoms with Gasteiger partial charge in [-0.05, 0) is 38.1 Å². The fourth-order valence-electron chi connectivity index (χ4n) is 2.27. The number of furan rings is 1. The lowest BCUT2D eigenvalue weighted by molar-refractivity contribution is -0.119. The summed E-state index contributed by atoms with van der Waals surface area (Å²) in [5.74, 6) is 2.28. The monoisotopic (exact) mass is 502 g/mol. The van der Waals surface area contributed by atoms with Crippen molar-refractivity contribution < 1.29 is 18.7 Å². The lowest BCUT2D eigenvalue weighted by Crippen LogP contribution is -2.33. The number of hydrogen-bond acceptors (Lipinski definition) is 5. The summed E-state index contributed by atoms with van der Waals surface area (Å²) in [6, 6.07) is 9.07. The van der Waals surface area contributed by atoms with E-state index >= 15 is 0 Å². The predicted octanol–water partition coefficient (Wildman–Crippen LogP) is 3.00. The molecule has 2 rings (SSSR count). The lowest BCUT2D eigenvalue weighted by Gasteiger charge is -2.14. The largest absolute Gasteiger partial charge is 0.493 e. The molecule has 0 atom stereocenters. The Hall–Kier alpha value is -2.43. The highest BCUT2D eigenvalue weighted by Gasteiger charge is 2.08. The van der Waals surface area contributed by atoms with E-state index in [1.807, 2.05) is 32.0 Å². The molecule has 1 amide bonds. The predicted molar refractivity (Wildman–Crippen MR) is 120 cm³/mol. The molecule has 9 heteroatoms. The van der Waals surface area contributed by atoms with E-state index in [4.69, 9.17) is 13.9 Å². The van der Waals surface area contributed by atoms with Gasteiger partial charge in [-0.2, -0.15) is 0 Å². The number of ether oxygens (including phenoxy) is 2. The van der Waals surface area contributed by atoms with E-state index < -0.39 is 0 Å². The number of hydrogen-bond donors (Lipinski definition) is 3.